The van der Waals surface area contributed by atoms with Crippen LogP contribution >= 0.6 is 11.6 Å². The zero-order valence-corrected chi connectivity index (χ0v) is 11.9. The fourth-order valence-corrected chi connectivity index (χ4v) is 1.66. The number of rotatable bonds is 5. The molecule has 7 nitrogen and oxygen atoms in total. The molecule has 0 bridgehead atoms. The molecule has 0 unspecified atom stereocenters. The molecule has 0 aliphatic carbocycles. The van der Waals surface area contributed by atoms with Crippen molar-refractivity contribution >= 4 is 23.2 Å². The Balaban J connectivity index is 2.35. The lowest BCUT2D eigenvalue weighted by atomic mass is 10.2. The van der Waals surface area contributed by atoms with Crippen molar-refractivity contribution in [1.29, 1.82) is 0 Å². The molecule has 0 amide bonds. The highest BCUT2D eigenvalue weighted by Gasteiger charge is 2.09. The topological polar surface area (TPSA) is 78.4 Å². The molecule has 0 aliphatic heterocycles. The second-order valence-electron chi connectivity index (χ2n) is 3.61. The van der Waals surface area contributed by atoms with Gasteiger partial charge in [0, 0.05) is 6.07 Å². The summed E-state index contributed by atoms with van der Waals surface area (Å²) < 4.78 is 15.3. The number of hydrogen-bond donors (Lipinski definition) is 1. The molecular formula is C12H13ClN4O3. The van der Waals surface area contributed by atoms with Crippen molar-refractivity contribution in [3.8, 4) is 17.5 Å². The van der Waals surface area contributed by atoms with Crippen LogP contribution in [0.4, 0.5) is 11.6 Å². The number of aromatic nitrogens is 3. The van der Waals surface area contributed by atoms with Crippen molar-refractivity contribution in [2.24, 2.45) is 0 Å². The van der Waals surface area contributed by atoms with Gasteiger partial charge >= 0.3 is 6.01 Å². The minimum Gasteiger partial charge on any atom is -0.497 e. The molecule has 0 aliphatic rings. The van der Waals surface area contributed by atoms with E-state index < -0.39 is 0 Å². The third-order valence-electron chi connectivity index (χ3n) is 2.42. The van der Waals surface area contributed by atoms with Gasteiger partial charge in [-0.05, 0) is 23.7 Å². The average Bonchev–Trinajstić information content (AvgIpc) is 2.46. The van der Waals surface area contributed by atoms with Crippen LogP contribution in [0.2, 0.25) is 5.28 Å². The molecule has 0 saturated heterocycles. The predicted octanol–water partition coefficient (Wildman–Crippen LogP) is 2.29. The molecule has 0 fully saturated rings. The van der Waals surface area contributed by atoms with Crippen LogP contribution in [0.15, 0.2) is 18.2 Å². The Morgan fingerprint density at radius 1 is 1.00 bits per heavy atom. The number of anilines is 2. The zero-order chi connectivity index (χ0) is 14.5. The van der Waals surface area contributed by atoms with E-state index in [4.69, 9.17) is 25.8 Å². The maximum atomic E-state index is 5.79. The van der Waals surface area contributed by atoms with Gasteiger partial charge in [0.25, 0.3) is 0 Å². The second-order valence-corrected chi connectivity index (χ2v) is 3.94. The minimum absolute atomic E-state index is 0.0289. The van der Waals surface area contributed by atoms with E-state index >= 15 is 0 Å². The van der Waals surface area contributed by atoms with Crippen LogP contribution in [0.25, 0.3) is 0 Å². The molecule has 0 atom stereocenters. The number of methoxy groups -OCH3 is 3. The van der Waals surface area contributed by atoms with Gasteiger partial charge in [-0.2, -0.15) is 15.0 Å². The van der Waals surface area contributed by atoms with Gasteiger partial charge in [0.15, 0.2) is 0 Å². The first kappa shape index (κ1) is 14.1. The molecular weight excluding hydrogens is 284 g/mol. The number of nitrogens with zero attached hydrogens (tertiary/aromatic N) is 3. The van der Waals surface area contributed by atoms with Crippen LogP contribution in [-0.4, -0.2) is 36.3 Å². The van der Waals surface area contributed by atoms with Crippen LogP contribution in [-0.2, 0) is 0 Å². The fraction of sp³-hybridized carbons (Fsp3) is 0.250. The molecule has 106 valence electrons. The van der Waals surface area contributed by atoms with E-state index in [-0.39, 0.29) is 17.2 Å². The summed E-state index contributed by atoms with van der Waals surface area (Å²) >= 11 is 5.79. The Bertz CT molecular complexity index is 609. The molecule has 0 radical (unpaired) electrons. The Kier molecular flexibility index (Phi) is 4.41. The Hall–Kier alpha value is -2.28. The van der Waals surface area contributed by atoms with Crippen LogP contribution in [0, 0.1) is 0 Å². The van der Waals surface area contributed by atoms with Crippen molar-refractivity contribution < 1.29 is 14.2 Å². The van der Waals surface area contributed by atoms with Gasteiger partial charge in [0.1, 0.15) is 11.5 Å². The van der Waals surface area contributed by atoms with Gasteiger partial charge < -0.3 is 19.5 Å². The van der Waals surface area contributed by atoms with Crippen LogP contribution in [0.5, 0.6) is 17.5 Å². The molecule has 20 heavy (non-hydrogen) atoms. The summed E-state index contributed by atoms with van der Waals surface area (Å²) in [4.78, 5) is 11.8. The first-order valence-electron chi connectivity index (χ1n) is 5.61. The molecule has 0 spiro atoms. The smallest absolute Gasteiger partial charge is 0.322 e. The quantitative estimate of drug-likeness (QED) is 0.907. The Labute approximate surface area is 120 Å². The van der Waals surface area contributed by atoms with E-state index in [1.165, 1.54) is 7.11 Å². The van der Waals surface area contributed by atoms with E-state index in [0.29, 0.717) is 17.2 Å². The van der Waals surface area contributed by atoms with Crippen LogP contribution in [0.1, 0.15) is 0 Å². The number of hydrogen-bond acceptors (Lipinski definition) is 7. The van der Waals surface area contributed by atoms with E-state index in [1.54, 1.807) is 32.4 Å². The molecule has 0 saturated carbocycles. The summed E-state index contributed by atoms with van der Waals surface area (Å²) in [5.74, 6) is 1.52. The molecule has 1 aromatic heterocycles. The lowest BCUT2D eigenvalue weighted by Crippen LogP contribution is -2.03. The fourth-order valence-electron chi connectivity index (χ4n) is 1.51. The van der Waals surface area contributed by atoms with Crippen molar-refractivity contribution in [2.75, 3.05) is 26.6 Å². The highest BCUT2D eigenvalue weighted by Crippen LogP contribution is 2.30. The van der Waals surface area contributed by atoms with Gasteiger partial charge in [0.2, 0.25) is 11.2 Å². The Morgan fingerprint density at radius 3 is 2.45 bits per heavy atom. The summed E-state index contributed by atoms with van der Waals surface area (Å²) in [6.45, 7) is 0. The van der Waals surface area contributed by atoms with Gasteiger partial charge in [-0.1, -0.05) is 0 Å². The monoisotopic (exact) mass is 296 g/mol. The first-order valence-corrected chi connectivity index (χ1v) is 5.98. The lowest BCUT2D eigenvalue weighted by molar-refractivity contribution is 0.379. The highest BCUT2D eigenvalue weighted by molar-refractivity contribution is 6.28. The van der Waals surface area contributed by atoms with E-state index in [1.807, 2.05) is 0 Å². The van der Waals surface area contributed by atoms with Gasteiger partial charge in [-0.25, -0.2) is 0 Å². The first-order chi connectivity index (χ1) is 9.66. The predicted molar refractivity (Wildman–Crippen MR) is 74.2 cm³/mol. The third kappa shape index (κ3) is 3.18. The SMILES string of the molecule is COc1ccc(OC)c(Nc2nc(Cl)nc(OC)n2)c1. The highest BCUT2D eigenvalue weighted by atomic mass is 35.5. The molecule has 2 rings (SSSR count). The maximum Gasteiger partial charge on any atom is 0.322 e. The molecule has 1 aromatic carbocycles. The van der Waals surface area contributed by atoms with E-state index in [9.17, 15) is 0 Å². The molecule has 8 heteroatoms. The van der Waals surface area contributed by atoms with Crippen molar-refractivity contribution in [1.82, 2.24) is 15.0 Å². The molecule has 1 N–H and O–H groups in total. The minimum atomic E-state index is 0.0289. The number of ether oxygens (including phenoxy) is 3. The number of halogens is 1. The lowest BCUT2D eigenvalue weighted by Gasteiger charge is -2.11. The van der Waals surface area contributed by atoms with Crippen molar-refractivity contribution in [2.45, 2.75) is 0 Å². The normalized spacial score (nSPS) is 10.0. The zero-order valence-electron chi connectivity index (χ0n) is 11.2. The number of nitrogens with one attached hydrogen (secondary N) is 1. The number of benzene rings is 1. The summed E-state index contributed by atoms with van der Waals surface area (Å²) in [5, 5.41) is 3.01. The summed E-state index contributed by atoms with van der Waals surface area (Å²) in [5.41, 5.74) is 0.635. The maximum absolute atomic E-state index is 5.79. The van der Waals surface area contributed by atoms with E-state index in [0.717, 1.165) is 0 Å². The van der Waals surface area contributed by atoms with Gasteiger partial charge in [0.05, 0.1) is 27.0 Å². The second kappa shape index (κ2) is 6.25. The van der Waals surface area contributed by atoms with Crippen molar-refractivity contribution in [3.63, 3.8) is 0 Å². The third-order valence-corrected chi connectivity index (χ3v) is 2.59. The summed E-state index contributed by atoms with van der Waals surface area (Å²) in [6.07, 6.45) is 0. The van der Waals surface area contributed by atoms with Crippen molar-refractivity contribution in [3.05, 3.63) is 23.5 Å². The summed E-state index contributed by atoms with van der Waals surface area (Å²) in [7, 11) is 4.59. The molecule has 1 heterocycles. The molecule has 2 aromatic rings. The van der Waals surface area contributed by atoms with Crippen LogP contribution < -0.4 is 19.5 Å². The summed E-state index contributed by atoms with van der Waals surface area (Å²) in [6, 6.07) is 5.42. The Morgan fingerprint density at radius 2 is 1.80 bits per heavy atom. The van der Waals surface area contributed by atoms with Gasteiger partial charge in [-0.3, -0.25) is 0 Å². The van der Waals surface area contributed by atoms with Gasteiger partial charge in [-0.15, -0.1) is 0 Å². The largest absolute Gasteiger partial charge is 0.497 e. The standard InChI is InChI=1S/C12H13ClN4O3/c1-18-7-4-5-9(19-2)8(6-7)14-11-15-10(13)16-12(17-11)20-3/h4-6H,1-3H3,(H,14,15,16,17). The average molecular weight is 297 g/mol. The van der Waals surface area contributed by atoms with E-state index in [2.05, 4.69) is 20.3 Å². The van der Waals surface area contributed by atoms with Crippen LogP contribution in [0.3, 0.4) is 0 Å².